The number of anilines is 1. The Hall–Kier alpha value is -2.30. The number of carboxylic acid groups (broad SMARTS) is 1. The third-order valence-electron chi connectivity index (χ3n) is 3.47. The molecule has 0 aliphatic heterocycles. The zero-order valence-corrected chi connectivity index (χ0v) is 11.9. The SMILES string of the molecule is O=C(O)Cc1ccccc1NC(=O)NCCC1=CCCC1. The smallest absolute Gasteiger partial charge is 0.319 e. The predicted octanol–water partition coefficient (Wildman–Crippen LogP) is 2.94. The minimum Gasteiger partial charge on any atom is -0.481 e. The van der Waals surface area contributed by atoms with Crippen LogP contribution >= 0.6 is 0 Å². The van der Waals surface area contributed by atoms with E-state index in [1.807, 2.05) is 0 Å². The van der Waals surface area contributed by atoms with Gasteiger partial charge in [0.2, 0.25) is 0 Å². The van der Waals surface area contributed by atoms with Gasteiger partial charge in [0, 0.05) is 12.2 Å². The summed E-state index contributed by atoms with van der Waals surface area (Å²) in [7, 11) is 0. The monoisotopic (exact) mass is 288 g/mol. The summed E-state index contributed by atoms with van der Waals surface area (Å²) in [5.41, 5.74) is 2.54. The van der Waals surface area contributed by atoms with Gasteiger partial charge in [-0.1, -0.05) is 29.8 Å². The lowest BCUT2D eigenvalue weighted by molar-refractivity contribution is -0.136. The molecule has 1 aromatic carbocycles. The number of para-hydroxylation sites is 1. The van der Waals surface area contributed by atoms with Crippen molar-refractivity contribution in [1.82, 2.24) is 5.32 Å². The fourth-order valence-corrected chi connectivity index (χ4v) is 2.43. The van der Waals surface area contributed by atoms with Crippen molar-refractivity contribution >= 4 is 17.7 Å². The van der Waals surface area contributed by atoms with Crippen molar-refractivity contribution in [3.05, 3.63) is 41.5 Å². The van der Waals surface area contributed by atoms with Gasteiger partial charge >= 0.3 is 12.0 Å². The molecule has 0 saturated heterocycles. The molecule has 2 amide bonds. The highest BCUT2D eigenvalue weighted by molar-refractivity contribution is 5.90. The third kappa shape index (κ3) is 4.95. The van der Waals surface area contributed by atoms with E-state index in [0.717, 1.165) is 19.3 Å². The Balaban J connectivity index is 1.83. The van der Waals surface area contributed by atoms with Gasteiger partial charge in [-0.3, -0.25) is 4.79 Å². The van der Waals surface area contributed by atoms with Crippen LogP contribution in [0.3, 0.4) is 0 Å². The Morgan fingerprint density at radius 3 is 2.76 bits per heavy atom. The molecule has 0 fully saturated rings. The number of urea groups is 1. The lowest BCUT2D eigenvalue weighted by Gasteiger charge is -2.11. The Morgan fingerprint density at radius 1 is 1.24 bits per heavy atom. The van der Waals surface area contributed by atoms with E-state index < -0.39 is 5.97 Å². The Kier molecular flexibility index (Phi) is 5.37. The normalized spacial score (nSPS) is 13.6. The van der Waals surface area contributed by atoms with E-state index >= 15 is 0 Å². The molecule has 0 atom stereocenters. The average molecular weight is 288 g/mol. The van der Waals surface area contributed by atoms with Crippen LogP contribution in [0, 0.1) is 0 Å². The molecule has 0 aromatic heterocycles. The van der Waals surface area contributed by atoms with Crippen LogP contribution in [0.4, 0.5) is 10.5 Å². The Morgan fingerprint density at radius 2 is 2.05 bits per heavy atom. The first kappa shape index (κ1) is 15.1. The molecule has 1 aromatic rings. The number of carboxylic acids is 1. The van der Waals surface area contributed by atoms with E-state index in [1.165, 1.54) is 12.0 Å². The van der Waals surface area contributed by atoms with Crippen LogP contribution in [0.5, 0.6) is 0 Å². The molecule has 1 aliphatic carbocycles. The first-order valence-corrected chi connectivity index (χ1v) is 7.17. The summed E-state index contributed by atoms with van der Waals surface area (Å²) in [5, 5.41) is 14.4. The van der Waals surface area contributed by atoms with Gasteiger partial charge < -0.3 is 15.7 Å². The maximum atomic E-state index is 11.8. The molecule has 1 aliphatic rings. The predicted molar refractivity (Wildman–Crippen MR) is 81.4 cm³/mol. The maximum absolute atomic E-state index is 11.8. The van der Waals surface area contributed by atoms with Crippen molar-refractivity contribution in [3.63, 3.8) is 0 Å². The second-order valence-corrected chi connectivity index (χ2v) is 5.11. The van der Waals surface area contributed by atoms with E-state index in [9.17, 15) is 9.59 Å². The van der Waals surface area contributed by atoms with Crippen LogP contribution in [0.2, 0.25) is 0 Å². The van der Waals surface area contributed by atoms with Crippen LogP contribution in [-0.4, -0.2) is 23.7 Å². The molecule has 5 nitrogen and oxygen atoms in total. The number of benzene rings is 1. The number of nitrogens with one attached hydrogen (secondary N) is 2. The lowest BCUT2D eigenvalue weighted by Crippen LogP contribution is -2.30. The first-order valence-electron chi connectivity index (χ1n) is 7.17. The number of carbonyl (C=O) groups excluding carboxylic acids is 1. The molecule has 5 heteroatoms. The first-order chi connectivity index (χ1) is 10.1. The van der Waals surface area contributed by atoms with E-state index in [0.29, 0.717) is 17.8 Å². The summed E-state index contributed by atoms with van der Waals surface area (Å²) in [6.07, 6.45) is 6.49. The molecule has 2 rings (SSSR count). The molecule has 112 valence electrons. The standard InChI is InChI=1S/C16H20N2O3/c19-15(20)11-13-7-3-4-8-14(13)18-16(21)17-10-9-12-5-1-2-6-12/h3-5,7-8H,1-2,6,9-11H2,(H,19,20)(H2,17,18,21). The minimum absolute atomic E-state index is 0.108. The molecule has 21 heavy (non-hydrogen) atoms. The topological polar surface area (TPSA) is 78.4 Å². The Bertz CT molecular complexity index is 552. The van der Waals surface area contributed by atoms with Crippen molar-refractivity contribution in [2.45, 2.75) is 32.1 Å². The largest absolute Gasteiger partial charge is 0.481 e. The van der Waals surface area contributed by atoms with E-state index in [1.54, 1.807) is 24.3 Å². The van der Waals surface area contributed by atoms with Crippen molar-refractivity contribution < 1.29 is 14.7 Å². The summed E-state index contributed by atoms with van der Waals surface area (Å²) in [6, 6.07) is 6.63. The second kappa shape index (κ2) is 7.47. The summed E-state index contributed by atoms with van der Waals surface area (Å²) in [5.74, 6) is -0.919. The summed E-state index contributed by atoms with van der Waals surface area (Å²) in [6.45, 7) is 0.596. The van der Waals surface area contributed by atoms with Crippen molar-refractivity contribution in [1.29, 1.82) is 0 Å². The van der Waals surface area contributed by atoms with Crippen LogP contribution in [0.25, 0.3) is 0 Å². The van der Waals surface area contributed by atoms with Crippen LogP contribution in [0.1, 0.15) is 31.2 Å². The molecule has 0 saturated carbocycles. The maximum Gasteiger partial charge on any atom is 0.319 e. The highest BCUT2D eigenvalue weighted by Gasteiger charge is 2.09. The third-order valence-corrected chi connectivity index (χ3v) is 3.47. The number of carbonyl (C=O) groups is 2. The van der Waals surface area contributed by atoms with Gasteiger partial charge in [0.15, 0.2) is 0 Å². The number of hydrogen-bond acceptors (Lipinski definition) is 2. The van der Waals surface area contributed by atoms with Gasteiger partial charge in [0.25, 0.3) is 0 Å². The quantitative estimate of drug-likeness (QED) is 0.704. The van der Waals surface area contributed by atoms with Crippen LogP contribution < -0.4 is 10.6 Å². The van der Waals surface area contributed by atoms with Crippen LogP contribution in [0.15, 0.2) is 35.9 Å². The van der Waals surface area contributed by atoms with Gasteiger partial charge in [0.1, 0.15) is 0 Å². The molecule has 0 heterocycles. The fraction of sp³-hybridized carbons (Fsp3) is 0.375. The van der Waals surface area contributed by atoms with E-state index in [-0.39, 0.29) is 12.5 Å². The zero-order chi connectivity index (χ0) is 15.1. The number of rotatable bonds is 6. The Labute approximate surface area is 124 Å². The molecule has 0 bridgehead atoms. The van der Waals surface area contributed by atoms with Gasteiger partial charge in [-0.15, -0.1) is 0 Å². The summed E-state index contributed by atoms with van der Waals surface area (Å²) in [4.78, 5) is 22.6. The molecule has 0 unspecified atom stereocenters. The van der Waals surface area contributed by atoms with Gasteiger partial charge in [-0.2, -0.15) is 0 Å². The van der Waals surface area contributed by atoms with Crippen LogP contribution in [-0.2, 0) is 11.2 Å². The number of allylic oxidation sites excluding steroid dienone is 1. The van der Waals surface area contributed by atoms with Crippen molar-refractivity contribution in [2.75, 3.05) is 11.9 Å². The highest BCUT2D eigenvalue weighted by Crippen LogP contribution is 2.20. The zero-order valence-electron chi connectivity index (χ0n) is 11.9. The molecular formula is C16H20N2O3. The molecule has 0 radical (unpaired) electrons. The molecule has 0 spiro atoms. The number of hydrogen-bond donors (Lipinski definition) is 3. The lowest BCUT2D eigenvalue weighted by atomic mass is 10.1. The minimum atomic E-state index is -0.919. The van der Waals surface area contributed by atoms with Gasteiger partial charge in [-0.05, 0) is 37.3 Å². The molecular weight excluding hydrogens is 268 g/mol. The second-order valence-electron chi connectivity index (χ2n) is 5.11. The van der Waals surface area contributed by atoms with Crippen molar-refractivity contribution in [2.24, 2.45) is 0 Å². The van der Waals surface area contributed by atoms with E-state index in [2.05, 4.69) is 16.7 Å². The van der Waals surface area contributed by atoms with Gasteiger partial charge in [-0.25, -0.2) is 4.79 Å². The summed E-state index contributed by atoms with van der Waals surface area (Å²) < 4.78 is 0. The highest BCUT2D eigenvalue weighted by atomic mass is 16.4. The fourth-order valence-electron chi connectivity index (χ4n) is 2.43. The molecule has 3 N–H and O–H groups in total. The number of amides is 2. The van der Waals surface area contributed by atoms with E-state index in [4.69, 9.17) is 5.11 Å². The number of aliphatic carboxylic acids is 1. The summed E-state index contributed by atoms with van der Waals surface area (Å²) >= 11 is 0. The average Bonchev–Trinajstić information content (AvgIpc) is 2.93. The van der Waals surface area contributed by atoms with Crippen molar-refractivity contribution in [3.8, 4) is 0 Å². The van der Waals surface area contributed by atoms with Gasteiger partial charge in [0.05, 0.1) is 6.42 Å².